The van der Waals surface area contributed by atoms with E-state index in [0.29, 0.717) is 22.4 Å². The highest BCUT2D eigenvalue weighted by Crippen LogP contribution is 2.27. The predicted octanol–water partition coefficient (Wildman–Crippen LogP) is 4.29. The van der Waals surface area contributed by atoms with E-state index in [0.717, 1.165) is 3.79 Å². The Balaban J connectivity index is 2.28. The number of aryl methyl sites for hydroxylation is 2. The number of nitro benzene ring substituents is 1. The molecule has 0 aliphatic carbocycles. The van der Waals surface area contributed by atoms with Gasteiger partial charge in [-0.1, -0.05) is 0 Å². The summed E-state index contributed by atoms with van der Waals surface area (Å²) in [4.78, 5) is 22.5. The zero-order chi connectivity index (χ0) is 14.9. The van der Waals surface area contributed by atoms with Gasteiger partial charge in [-0.25, -0.2) is 0 Å². The van der Waals surface area contributed by atoms with Crippen LogP contribution in [0.2, 0.25) is 0 Å². The predicted molar refractivity (Wildman–Crippen MR) is 82.5 cm³/mol. The molecule has 1 aromatic carbocycles. The van der Waals surface area contributed by atoms with Crippen LogP contribution in [0.5, 0.6) is 0 Å². The lowest BCUT2D eigenvalue weighted by Gasteiger charge is -2.09. The van der Waals surface area contributed by atoms with Crippen LogP contribution >= 0.6 is 27.3 Å². The average Bonchev–Trinajstić information content (AvgIpc) is 2.79. The standard InChI is InChI=1S/C13H11BrN2O3S/c1-7-4-11(16(18)19)8(2)3-10(7)15-13(17)9-5-12(14)20-6-9/h3-6H,1-2H3,(H,15,17). The minimum Gasteiger partial charge on any atom is -0.322 e. The van der Waals surface area contributed by atoms with Crippen molar-refractivity contribution < 1.29 is 9.72 Å². The number of nitrogens with zero attached hydrogens (tertiary/aromatic N) is 1. The first-order valence-electron chi connectivity index (χ1n) is 5.69. The second-order valence-corrected chi connectivity index (χ2v) is 6.59. The molecule has 1 N–H and O–H groups in total. The highest BCUT2D eigenvalue weighted by Gasteiger charge is 2.15. The molecule has 1 amide bonds. The minimum atomic E-state index is -0.427. The molecule has 0 radical (unpaired) electrons. The van der Waals surface area contributed by atoms with E-state index in [1.165, 1.54) is 17.4 Å². The number of carbonyl (C=O) groups excluding carboxylic acids is 1. The van der Waals surface area contributed by atoms with Crippen molar-refractivity contribution in [1.29, 1.82) is 0 Å². The first-order chi connectivity index (χ1) is 9.38. The fraction of sp³-hybridized carbons (Fsp3) is 0.154. The van der Waals surface area contributed by atoms with E-state index < -0.39 is 4.92 Å². The second-order valence-electron chi connectivity index (χ2n) is 4.30. The Morgan fingerprint density at radius 2 is 2.00 bits per heavy atom. The average molecular weight is 355 g/mol. The van der Waals surface area contributed by atoms with Gasteiger partial charge in [0, 0.05) is 22.7 Å². The molecule has 2 rings (SSSR count). The monoisotopic (exact) mass is 354 g/mol. The molecule has 5 nitrogen and oxygen atoms in total. The van der Waals surface area contributed by atoms with E-state index in [4.69, 9.17) is 0 Å². The van der Waals surface area contributed by atoms with Gasteiger partial charge < -0.3 is 5.32 Å². The van der Waals surface area contributed by atoms with Crippen LogP contribution in [0.15, 0.2) is 27.4 Å². The van der Waals surface area contributed by atoms with Crippen LogP contribution < -0.4 is 5.32 Å². The quantitative estimate of drug-likeness (QED) is 0.660. The number of carbonyl (C=O) groups is 1. The summed E-state index contributed by atoms with van der Waals surface area (Å²) in [5.74, 6) is -0.233. The van der Waals surface area contributed by atoms with Crippen molar-refractivity contribution in [2.24, 2.45) is 0 Å². The van der Waals surface area contributed by atoms with E-state index in [2.05, 4.69) is 21.2 Å². The summed E-state index contributed by atoms with van der Waals surface area (Å²) in [6.45, 7) is 3.37. The third-order valence-electron chi connectivity index (χ3n) is 2.82. The first kappa shape index (κ1) is 14.7. The number of rotatable bonds is 3. The third kappa shape index (κ3) is 3.05. The maximum Gasteiger partial charge on any atom is 0.272 e. The van der Waals surface area contributed by atoms with Crippen molar-refractivity contribution in [1.82, 2.24) is 0 Å². The van der Waals surface area contributed by atoms with Crippen LogP contribution in [0.4, 0.5) is 11.4 Å². The summed E-state index contributed by atoms with van der Waals surface area (Å²) in [7, 11) is 0. The number of anilines is 1. The molecule has 0 aliphatic heterocycles. The number of nitrogens with one attached hydrogen (secondary N) is 1. The molecule has 0 spiro atoms. The Kier molecular flexibility index (Phi) is 4.20. The van der Waals surface area contributed by atoms with Gasteiger partial charge in [0.15, 0.2) is 0 Å². The molecular formula is C13H11BrN2O3S. The summed E-state index contributed by atoms with van der Waals surface area (Å²) >= 11 is 4.72. The van der Waals surface area contributed by atoms with Crippen molar-refractivity contribution in [3.05, 3.63) is 54.2 Å². The van der Waals surface area contributed by atoms with Crippen LogP contribution in [0.25, 0.3) is 0 Å². The van der Waals surface area contributed by atoms with Crippen molar-refractivity contribution in [2.45, 2.75) is 13.8 Å². The van der Waals surface area contributed by atoms with Crippen LogP contribution in [-0.4, -0.2) is 10.8 Å². The highest BCUT2D eigenvalue weighted by molar-refractivity contribution is 9.11. The molecule has 0 atom stereocenters. The van der Waals surface area contributed by atoms with Gasteiger partial charge in [-0.05, 0) is 47.5 Å². The molecule has 0 bridgehead atoms. The molecule has 0 unspecified atom stereocenters. The molecule has 0 aliphatic rings. The smallest absolute Gasteiger partial charge is 0.272 e. The molecule has 0 fully saturated rings. The Bertz CT molecular complexity index is 697. The van der Waals surface area contributed by atoms with Gasteiger partial charge in [0.05, 0.1) is 14.3 Å². The normalized spacial score (nSPS) is 10.3. The molecule has 104 valence electrons. The molecule has 20 heavy (non-hydrogen) atoms. The summed E-state index contributed by atoms with van der Waals surface area (Å²) in [5.41, 5.74) is 2.36. The van der Waals surface area contributed by atoms with Crippen LogP contribution in [-0.2, 0) is 0 Å². The SMILES string of the molecule is Cc1cc([N+](=O)[O-])c(C)cc1NC(=O)c1csc(Br)c1. The number of nitro groups is 1. The lowest BCUT2D eigenvalue weighted by atomic mass is 10.1. The van der Waals surface area contributed by atoms with Gasteiger partial charge in [-0.3, -0.25) is 14.9 Å². The summed E-state index contributed by atoms with van der Waals surface area (Å²) in [6.07, 6.45) is 0. The number of amides is 1. The van der Waals surface area contributed by atoms with Crippen molar-refractivity contribution in [2.75, 3.05) is 5.32 Å². The van der Waals surface area contributed by atoms with Gasteiger partial charge in [-0.15, -0.1) is 11.3 Å². The number of hydrogen-bond donors (Lipinski definition) is 1. The Hall–Kier alpha value is -1.73. The number of halogens is 1. The molecule has 2 aromatic rings. The topological polar surface area (TPSA) is 72.2 Å². The van der Waals surface area contributed by atoms with Crippen molar-refractivity contribution in [3.63, 3.8) is 0 Å². The Morgan fingerprint density at radius 1 is 1.30 bits per heavy atom. The van der Waals surface area contributed by atoms with E-state index in [9.17, 15) is 14.9 Å². The number of benzene rings is 1. The third-order valence-corrected chi connectivity index (χ3v) is 4.32. The molecule has 7 heteroatoms. The highest BCUT2D eigenvalue weighted by atomic mass is 79.9. The number of thiophene rings is 1. The van der Waals surface area contributed by atoms with Crippen molar-refractivity contribution in [3.8, 4) is 0 Å². The van der Waals surface area contributed by atoms with Gasteiger partial charge in [0.2, 0.25) is 0 Å². The van der Waals surface area contributed by atoms with Gasteiger partial charge in [-0.2, -0.15) is 0 Å². The molecular weight excluding hydrogens is 344 g/mol. The van der Waals surface area contributed by atoms with Gasteiger partial charge in [0.25, 0.3) is 11.6 Å². The van der Waals surface area contributed by atoms with Gasteiger partial charge in [0.1, 0.15) is 0 Å². The van der Waals surface area contributed by atoms with Crippen LogP contribution in [0, 0.1) is 24.0 Å². The van der Waals surface area contributed by atoms with E-state index in [-0.39, 0.29) is 11.6 Å². The lowest BCUT2D eigenvalue weighted by molar-refractivity contribution is -0.385. The first-order valence-corrected chi connectivity index (χ1v) is 7.37. The molecule has 1 heterocycles. The molecule has 0 saturated heterocycles. The fourth-order valence-electron chi connectivity index (χ4n) is 1.76. The van der Waals surface area contributed by atoms with E-state index >= 15 is 0 Å². The van der Waals surface area contributed by atoms with Gasteiger partial charge >= 0.3 is 0 Å². The summed E-state index contributed by atoms with van der Waals surface area (Å²) in [5, 5.41) is 15.4. The summed E-state index contributed by atoms with van der Waals surface area (Å²) < 4.78 is 0.874. The van der Waals surface area contributed by atoms with Crippen molar-refractivity contribution >= 4 is 44.5 Å². The lowest BCUT2D eigenvalue weighted by Crippen LogP contribution is -2.12. The second kappa shape index (κ2) is 5.72. The Morgan fingerprint density at radius 3 is 2.55 bits per heavy atom. The minimum absolute atomic E-state index is 0.0544. The maximum absolute atomic E-state index is 12.1. The van der Waals surface area contributed by atoms with Crippen LogP contribution in [0.3, 0.4) is 0 Å². The zero-order valence-electron chi connectivity index (χ0n) is 10.8. The summed E-state index contributed by atoms with van der Waals surface area (Å²) in [6, 6.07) is 4.81. The van der Waals surface area contributed by atoms with E-state index in [1.807, 2.05) is 0 Å². The Labute approximate surface area is 127 Å². The zero-order valence-corrected chi connectivity index (χ0v) is 13.2. The van der Waals surface area contributed by atoms with Crippen LogP contribution in [0.1, 0.15) is 21.5 Å². The van der Waals surface area contributed by atoms with E-state index in [1.54, 1.807) is 31.4 Å². The fourth-order valence-corrected chi connectivity index (χ4v) is 2.89. The largest absolute Gasteiger partial charge is 0.322 e. The maximum atomic E-state index is 12.1. The molecule has 1 aromatic heterocycles. The molecule has 0 saturated carbocycles. The number of hydrogen-bond acceptors (Lipinski definition) is 4.